The van der Waals surface area contributed by atoms with Gasteiger partial charge in [0.2, 0.25) is 5.91 Å². The smallest absolute Gasteiger partial charge is 0.393 e. The van der Waals surface area contributed by atoms with Gasteiger partial charge in [-0.2, -0.15) is 13.2 Å². The first-order valence-corrected chi connectivity index (χ1v) is 14.8. The Morgan fingerprint density at radius 1 is 1.02 bits per heavy atom. The quantitative estimate of drug-likeness (QED) is 0.317. The van der Waals surface area contributed by atoms with E-state index in [1.807, 2.05) is 18.2 Å². The Labute approximate surface area is 245 Å². The second kappa shape index (κ2) is 13.0. The Hall–Kier alpha value is -3.24. The Balaban J connectivity index is 1.27. The molecule has 3 aromatic rings. The maximum absolute atomic E-state index is 13.8. The molecule has 5 rings (SSSR count). The van der Waals surface area contributed by atoms with Crippen molar-refractivity contribution < 1.29 is 27.4 Å². The third-order valence-electron chi connectivity index (χ3n) is 8.88. The highest BCUT2D eigenvalue weighted by Gasteiger charge is 2.32. The number of amides is 1. The molecule has 3 heterocycles. The van der Waals surface area contributed by atoms with Crippen LogP contribution in [0.2, 0.25) is 0 Å². The van der Waals surface area contributed by atoms with Gasteiger partial charge in [0.1, 0.15) is 0 Å². The molecule has 0 aliphatic carbocycles. The van der Waals surface area contributed by atoms with Gasteiger partial charge in [0.25, 0.3) is 0 Å². The number of ether oxygens (including phenoxy) is 2. The monoisotopic (exact) mass is 586 g/mol. The molecule has 2 N–H and O–H groups in total. The molecule has 0 saturated carbocycles. The van der Waals surface area contributed by atoms with Crippen molar-refractivity contribution in [2.75, 3.05) is 54.0 Å². The number of benzene rings is 2. The van der Waals surface area contributed by atoms with E-state index in [2.05, 4.69) is 27.1 Å². The van der Waals surface area contributed by atoms with Gasteiger partial charge < -0.3 is 24.7 Å². The minimum Gasteiger partial charge on any atom is -0.493 e. The number of halogens is 3. The van der Waals surface area contributed by atoms with Crippen LogP contribution < -0.4 is 14.8 Å². The van der Waals surface area contributed by atoms with E-state index >= 15 is 0 Å². The van der Waals surface area contributed by atoms with Gasteiger partial charge in [-0.3, -0.25) is 9.69 Å². The summed E-state index contributed by atoms with van der Waals surface area (Å²) in [4.78, 5) is 20.3. The largest absolute Gasteiger partial charge is 0.493 e. The molecule has 228 valence electrons. The fourth-order valence-electron chi connectivity index (χ4n) is 6.55. The number of carbonyl (C=O) groups is 1. The number of hydrogen-bond acceptors (Lipinski definition) is 5. The number of nitrogens with one attached hydrogen (secondary N) is 2. The first-order chi connectivity index (χ1) is 20.1. The van der Waals surface area contributed by atoms with Crippen molar-refractivity contribution in [2.24, 2.45) is 0 Å². The van der Waals surface area contributed by atoms with E-state index in [4.69, 9.17) is 9.47 Å². The number of fused-ring (bicyclic) bond motifs is 1. The lowest BCUT2D eigenvalue weighted by Crippen LogP contribution is -2.42. The van der Waals surface area contributed by atoms with Crippen LogP contribution in [0.5, 0.6) is 11.5 Å². The number of aromatic amines is 1. The third kappa shape index (κ3) is 7.03. The van der Waals surface area contributed by atoms with Gasteiger partial charge in [-0.25, -0.2) is 0 Å². The van der Waals surface area contributed by atoms with Crippen LogP contribution >= 0.6 is 0 Å². The van der Waals surface area contributed by atoms with Crippen LogP contribution in [0.1, 0.15) is 49.1 Å². The maximum Gasteiger partial charge on any atom is 0.393 e. The molecule has 10 heteroatoms. The first-order valence-electron chi connectivity index (χ1n) is 14.8. The molecule has 1 aromatic heterocycles. The standard InChI is InChI=1S/C32H41F3N4O3/c1-38-14-4-5-24(38)10-13-36-30(40)20-39-15-11-21(12-16-39)22-6-8-27-25(17-22)26(19-32(33,34)35)31(37-27)23-7-9-28(41-2)29(18-23)42-3/h6-9,17-18,21,24,37H,4-5,10-16,19-20H2,1-3H3,(H,36,40). The van der Waals surface area contributed by atoms with Gasteiger partial charge in [0.05, 0.1) is 32.9 Å². The molecule has 2 aliphatic rings. The lowest BCUT2D eigenvalue weighted by molar-refractivity contribution is -0.127. The SMILES string of the molecule is COc1ccc(-c2[nH]c3ccc(C4CCN(CC(=O)NCCC5CCCN5C)CC4)cc3c2CC(F)(F)F)cc1OC. The third-order valence-corrected chi connectivity index (χ3v) is 8.88. The molecule has 2 fully saturated rings. The van der Waals surface area contributed by atoms with Crippen molar-refractivity contribution in [1.82, 2.24) is 20.1 Å². The average molecular weight is 587 g/mol. The highest BCUT2D eigenvalue weighted by Crippen LogP contribution is 2.40. The molecule has 0 spiro atoms. The minimum atomic E-state index is -4.37. The summed E-state index contributed by atoms with van der Waals surface area (Å²) >= 11 is 0. The second-order valence-electron chi connectivity index (χ2n) is 11.6. The van der Waals surface area contributed by atoms with Crippen molar-refractivity contribution in [3.05, 3.63) is 47.5 Å². The number of nitrogens with zero attached hydrogens (tertiary/aromatic N) is 2. The number of methoxy groups -OCH3 is 2. The first kappa shape index (κ1) is 30.2. The number of hydrogen-bond donors (Lipinski definition) is 2. The number of piperidine rings is 1. The summed E-state index contributed by atoms with van der Waals surface area (Å²) in [6, 6.07) is 11.5. The van der Waals surface area contributed by atoms with E-state index in [0.717, 1.165) is 44.5 Å². The molecule has 0 radical (unpaired) electrons. The van der Waals surface area contributed by atoms with Crippen molar-refractivity contribution in [2.45, 2.75) is 56.7 Å². The van der Waals surface area contributed by atoms with E-state index < -0.39 is 12.6 Å². The summed E-state index contributed by atoms with van der Waals surface area (Å²) in [6.45, 7) is 3.77. The number of carbonyl (C=O) groups excluding carboxylic acids is 1. The van der Waals surface area contributed by atoms with Crippen LogP contribution in [0.15, 0.2) is 36.4 Å². The van der Waals surface area contributed by atoms with Gasteiger partial charge in [-0.1, -0.05) is 6.07 Å². The molecule has 42 heavy (non-hydrogen) atoms. The summed E-state index contributed by atoms with van der Waals surface area (Å²) in [5, 5.41) is 3.66. The van der Waals surface area contributed by atoms with Crippen LogP contribution in [0.3, 0.4) is 0 Å². The summed E-state index contributed by atoms with van der Waals surface area (Å²) in [5.41, 5.74) is 2.96. The second-order valence-corrected chi connectivity index (χ2v) is 11.6. The highest BCUT2D eigenvalue weighted by atomic mass is 19.4. The van der Waals surface area contributed by atoms with Crippen LogP contribution in [-0.2, 0) is 11.2 Å². The summed E-state index contributed by atoms with van der Waals surface area (Å²) in [6.07, 6.45) is -0.288. The Morgan fingerprint density at radius 2 is 1.79 bits per heavy atom. The predicted molar refractivity (Wildman–Crippen MR) is 158 cm³/mol. The Bertz CT molecular complexity index is 1380. The molecule has 1 unspecified atom stereocenters. The zero-order valence-corrected chi connectivity index (χ0v) is 24.7. The number of likely N-dealkylation sites (tertiary alicyclic amines) is 2. The molecular formula is C32H41F3N4O3. The lowest BCUT2D eigenvalue weighted by atomic mass is 9.88. The minimum absolute atomic E-state index is 0.0577. The van der Waals surface area contributed by atoms with Gasteiger partial charge in [-0.15, -0.1) is 0 Å². The van der Waals surface area contributed by atoms with Crippen LogP contribution in [0, 0.1) is 0 Å². The normalized spacial score (nSPS) is 19.0. The highest BCUT2D eigenvalue weighted by molar-refractivity contribution is 5.91. The Kier molecular flexibility index (Phi) is 9.32. The van der Waals surface area contributed by atoms with E-state index in [-0.39, 0.29) is 17.4 Å². The van der Waals surface area contributed by atoms with Crippen molar-refractivity contribution >= 4 is 16.8 Å². The van der Waals surface area contributed by atoms with Crippen molar-refractivity contribution in [3.63, 3.8) is 0 Å². The number of aromatic nitrogens is 1. The molecule has 1 amide bonds. The number of H-pyrrole nitrogens is 1. The fourth-order valence-corrected chi connectivity index (χ4v) is 6.55. The van der Waals surface area contributed by atoms with E-state index in [9.17, 15) is 18.0 Å². The number of rotatable bonds is 10. The van der Waals surface area contributed by atoms with Gasteiger partial charge >= 0.3 is 6.18 Å². The molecule has 2 saturated heterocycles. The fraction of sp³-hybridized carbons (Fsp3) is 0.531. The summed E-state index contributed by atoms with van der Waals surface area (Å²) in [7, 11) is 5.17. The molecule has 7 nitrogen and oxygen atoms in total. The average Bonchev–Trinajstić information content (AvgIpc) is 3.54. The molecular weight excluding hydrogens is 545 g/mol. The predicted octanol–water partition coefficient (Wildman–Crippen LogP) is 5.74. The van der Waals surface area contributed by atoms with E-state index in [0.29, 0.717) is 52.8 Å². The van der Waals surface area contributed by atoms with Crippen molar-refractivity contribution in [3.8, 4) is 22.8 Å². The van der Waals surface area contributed by atoms with Crippen LogP contribution in [0.4, 0.5) is 13.2 Å². The zero-order chi connectivity index (χ0) is 29.9. The Morgan fingerprint density at radius 3 is 2.45 bits per heavy atom. The molecule has 0 bridgehead atoms. The number of alkyl halides is 3. The summed E-state index contributed by atoms with van der Waals surface area (Å²) in [5.74, 6) is 1.25. The topological polar surface area (TPSA) is 69.8 Å². The van der Waals surface area contributed by atoms with Gasteiger partial charge in [0.15, 0.2) is 11.5 Å². The summed E-state index contributed by atoms with van der Waals surface area (Å²) < 4.78 is 52.1. The zero-order valence-electron chi connectivity index (χ0n) is 24.7. The van der Waals surface area contributed by atoms with Gasteiger partial charge in [0, 0.05) is 29.1 Å². The molecule has 2 aromatic carbocycles. The van der Waals surface area contributed by atoms with Gasteiger partial charge in [-0.05, 0) is 106 Å². The van der Waals surface area contributed by atoms with Crippen LogP contribution in [-0.4, -0.2) is 86.9 Å². The lowest BCUT2D eigenvalue weighted by Gasteiger charge is -2.31. The maximum atomic E-state index is 13.8. The molecule has 1 atom stereocenters. The van der Waals surface area contributed by atoms with E-state index in [1.165, 1.54) is 27.1 Å². The van der Waals surface area contributed by atoms with E-state index in [1.54, 1.807) is 18.2 Å². The molecule has 2 aliphatic heterocycles. The van der Waals surface area contributed by atoms with Crippen molar-refractivity contribution in [1.29, 1.82) is 0 Å². The van der Waals surface area contributed by atoms with Crippen LogP contribution in [0.25, 0.3) is 22.2 Å².